The van der Waals surface area contributed by atoms with Gasteiger partial charge in [0, 0.05) is 22.9 Å². The maximum Gasteiger partial charge on any atom is 0.338 e. The van der Waals surface area contributed by atoms with Crippen molar-refractivity contribution < 1.29 is 14.3 Å². The van der Waals surface area contributed by atoms with Gasteiger partial charge in [0.05, 0.1) is 23.9 Å². The fraction of sp³-hybridized carbons (Fsp3) is 0.227. The molecule has 0 radical (unpaired) electrons. The fourth-order valence-corrected chi connectivity index (χ4v) is 3.80. The summed E-state index contributed by atoms with van der Waals surface area (Å²) in [6.45, 7) is 3.90. The number of halogens is 1. The van der Waals surface area contributed by atoms with Crippen LogP contribution in [0.3, 0.4) is 0 Å². The van der Waals surface area contributed by atoms with Crippen molar-refractivity contribution in [3.05, 3.63) is 69.8 Å². The molecule has 1 aliphatic rings. The summed E-state index contributed by atoms with van der Waals surface area (Å²) >= 11 is 8.80. The van der Waals surface area contributed by atoms with Crippen LogP contribution in [0.25, 0.3) is 0 Å². The molecule has 162 valence electrons. The van der Waals surface area contributed by atoms with Crippen LogP contribution in [0.2, 0.25) is 0 Å². The van der Waals surface area contributed by atoms with Gasteiger partial charge in [-0.3, -0.25) is 0 Å². The van der Waals surface area contributed by atoms with Gasteiger partial charge in [-0.25, -0.2) is 9.59 Å². The minimum Gasteiger partial charge on any atom is -0.463 e. The third kappa shape index (κ3) is 5.23. The van der Waals surface area contributed by atoms with E-state index in [0.29, 0.717) is 22.1 Å². The maximum absolute atomic E-state index is 12.6. The molecule has 7 nitrogen and oxygen atoms in total. The van der Waals surface area contributed by atoms with E-state index in [1.807, 2.05) is 37.3 Å². The number of allylic oxidation sites excluding steroid dienone is 1. The SMILES string of the molecule is CCOC(=O)C1=C(C)N(C)C(=S)N[C@@H]1c1ccc(NC(=O)Nc2ccccc2Br)cc1. The molecule has 1 heterocycles. The van der Waals surface area contributed by atoms with E-state index in [2.05, 4.69) is 31.9 Å². The number of para-hydroxylation sites is 1. The summed E-state index contributed by atoms with van der Waals surface area (Å²) in [5.74, 6) is -0.387. The Labute approximate surface area is 195 Å². The van der Waals surface area contributed by atoms with Crippen LogP contribution < -0.4 is 16.0 Å². The number of hydrogen-bond donors (Lipinski definition) is 3. The molecule has 31 heavy (non-hydrogen) atoms. The number of amides is 2. The van der Waals surface area contributed by atoms with Crippen molar-refractivity contribution in [2.45, 2.75) is 19.9 Å². The van der Waals surface area contributed by atoms with Crippen LogP contribution in [-0.4, -0.2) is 35.7 Å². The molecule has 0 aromatic heterocycles. The number of esters is 1. The van der Waals surface area contributed by atoms with Crippen LogP contribution in [0, 0.1) is 0 Å². The number of urea groups is 1. The van der Waals surface area contributed by atoms with Crippen molar-refractivity contribution in [3.8, 4) is 0 Å². The number of nitrogens with one attached hydrogen (secondary N) is 3. The molecule has 2 amide bonds. The van der Waals surface area contributed by atoms with Gasteiger partial charge in [0.2, 0.25) is 0 Å². The first-order valence-electron chi connectivity index (χ1n) is 9.66. The molecule has 0 unspecified atom stereocenters. The van der Waals surface area contributed by atoms with E-state index in [1.54, 1.807) is 37.1 Å². The molecule has 3 rings (SSSR count). The van der Waals surface area contributed by atoms with Crippen molar-refractivity contribution >= 4 is 56.6 Å². The summed E-state index contributed by atoms with van der Waals surface area (Å²) in [5.41, 5.74) is 3.35. The van der Waals surface area contributed by atoms with E-state index in [0.717, 1.165) is 15.7 Å². The Hall–Kier alpha value is -2.91. The highest BCUT2D eigenvalue weighted by Crippen LogP contribution is 2.31. The molecule has 0 spiro atoms. The molecule has 0 saturated carbocycles. The molecule has 3 N–H and O–H groups in total. The first-order valence-corrected chi connectivity index (χ1v) is 10.9. The van der Waals surface area contributed by atoms with Crippen LogP contribution in [0.5, 0.6) is 0 Å². The predicted molar refractivity (Wildman–Crippen MR) is 129 cm³/mol. The van der Waals surface area contributed by atoms with E-state index >= 15 is 0 Å². The Kier molecular flexibility index (Phi) is 7.29. The van der Waals surface area contributed by atoms with E-state index in [1.165, 1.54) is 0 Å². The summed E-state index contributed by atoms with van der Waals surface area (Å²) < 4.78 is 6.04. The van der Waals surface area contributed by atoms with Gasteiger partial charge in [0.1, 0.15) is 0 Å². The molecular weight excluding hydrogens is 480 g/mol. The Morgan fingerprint density at radius 3 is 2.48 bits per heavy atom. The Balaban J connectivity index is 1.78. The molecule has 1 aliphatic heterocycles. The zero-order chi connectivity index (χ0) is 22.5. The van der Waals surface area contributed by atoms with Gasteiger partial charge < -0.3 is 25.6 Å². The standard InChI is InChI=1S/C22H23BrN4O3S/c1-4-30-20(28)18-13(2)27(3)22(31)26-19(18)14-9-11-15(12-10-14)24-21(29)25-17-8-6-5-7-16(17)23/h5-12,19H,4H2,1-3H3,(H,26,31)(H2,24,25,29)/t19-/m1/s1. The summed E-state index contributed by atoms with van der Waals surface area (Å²) in [4.78, 5) is 26.7. The van der Waals surface area contributed by atoms with Crippen molar-refractivity contribution in [1.82, 2.24) is 10.2 Å². The zero-order valence-corrected chi connectivity index (χ0v) is 19.8. The lowest BCUT2D eigenvalue weighted by Crippen LogP contribution is -2.46. The summed E-state index contributed by atoms with van der Waals surface area (Å²) in [5, 5.41) is 9.30. The first-order chi connectivity index (χ1) is 14.8. The molecule has 1 atom stereocenters. The predicted octanol–water partition coefficient (Wildman–Crippen LogP) is 4.79. The van der Waals surface area contributed by atoms with Crippen molar-refractivity contribution in [2.75, 3.05) is 24.3 Å². The molecule has 0 saturated heterocycles. The van der Waals surface area contributed by atoms with Gasteiger partial charge in [-0.15, -0.1) is 0 Å². The second kappa shape index (κ2) is 9.93. The highest BCUT2D eigenvalue weighted by molar-refractivity contribution is 9.10. The quantitative estimate of drug-likeness (QED) is 0.402. The number of thiocarbonyl (C=S) groups is 1. The van der Waals surface area contributed by atoms with E-state index in [-0.39, 0.29) is 18.6 Å². The monoisotopic (exact) mass is 502 g/mol. The zero-order valence-electron chi connectivity index (χ0n) is 17.4. The lowest BCUT2D eigenvalue weighted by Gasteiger charge is -2.35. The number of carbonyl (C=O) groups excluding carboxylic acids is 2. The van der Waals surface area contributed by atoms with E-state index in [4.69, 9.17) is 17.0 Å². The molecule has 0 fully saturated rings. The van der Waals surface area contributed by atoms with Gasteiger partial charge in [-0.1, -0.05) is 24.3 Å². The Bertz CT molecular complexity index is 1040. The molecule has 9 heteroatoms. The van der Waals surface area contributed by atoms with Gasteiger partial charge in [-0.2, -0.15) is 0 Å². The Morgan fingerprint density at radius 1 is 1.16 bits per heavy atom. The smallest absolute Gasteiger partial charge is 0.338 e. The van der Waals surface area contributed by atoms with Crippen molar-refractivity contribution in [1.29, 1.82) is 0 Å². The highest BCUT2D eigenvalue weighted by Gasteiger charge is 2.33. The normalized spacial score (nSPS) is 15.9. The topological polar surface area (TPSA) is 82.7 Å². The minimum absolute atomic E-state index is 0.284. The van der Waals surface area contributed by atoms with Crippen LogP contribution in [-0.2, 0) is 9.53 Å². The lowest BCUT2D eigenvalue weighted by molar-refractivity contribution is -0.139. The van der Waals surface area contributed by atoms with Crippen LogP contribution in [0.4, 0.5) is 16.2 Å². The van der Waals surface area contributed by atoms with Crippen LogP contribution >= 0.6 is 28.1 Å². The third-order valence-electron chi connectivity index (χ3n) is 4.87. The first kappa shape index (κ1) is 22.8. The number of nitrogens with zero attached hydrogens (tertiary/aromatic N) is 1. The maximum atomic E-state index is 12.6. The molecule has 2 aromatic rings. The number of benzene rings is 2. The number of carbonyl (C=O) groups is 2. The van der Waals surface area contributed by atoms with Crippen molar-refractivity contribution in [3.63, 3.8) is 0 Å². The summed E-state index contributed by atoms with van der Waals surface area (Å²) in [7, 11) is 1.80. The van der Waals surface area contributed by atoms with Crippen LogP contribution in [0.1, 0.15) is 25.5 Å². The largest absolute Gasteiger partial charge is 0.463 e. The number of ether oxygens (including phenoxy) is 1. The second-order valence-electron chi connectivity index (χ2n) is 6.84. The molecule has 0 aliphatic carbocycles. The van der Waals surface area contributed by atoms with Gasteiger partial charge in [0.15, 0.2) is 5.11 Å². The summed E-state index contributed by atoms with van der Waals surface area (Å²) in [6, 6.07) is 13.8. The highest BCUT2D eigenvalue weighted by atomic mass is 79.9. The van der Waals surface area contributed by atoms with Crippen LogP contribution in [0.15, 0.2) is 64.3 Å². The van der Waals surface area contributed by atoms with Gasteiger partial charge in [0.25, 0.3) is 0 Å². The minimum atomic E-state index is -0.439. The third-order valence-corrected chi connectivity index (χ3v) is 5.96. The van der Waals surface area contributed by atoms with Gasteiger partial charge >= 0.3 is 12.0 Å². The van der Waals surface area contributed by atoms with Gasteiger partial charge in [-0.05, 0) is 71.8 Å². The summed E-state index contributed by atoms with van der Waals surface area (Å²) in [6.07, 6.45) is 0. The Morgan fingerprint density at radius 2 is 1.84 bits per heavy atom. The molecule has 2 aromatic carbocycles. The number of rotatable bonds is 5. The average molecular weight is 503 g/mol. The molecular formula is C22H23BrN4O3S. The second-order valence-corrected chi connectivity index (χ2v) is 8.08. The number of hydrogen-bond acceptors (Lipinski definition) is 4. The van der Waals surface area contributed by atoms with Crippen molar-refractivity contribution in [2.24, 2.45) is 0 Å². The van der Waals surface area contributed by atoms with E-state index in [9.17, 15) is 9.59 Å². The number of anilines is 2. The van der Waals surface area contributed by atoms with E-state index < -0.39 is 6.04 Å². The lowest BCUT2D eigenvalue weighted by atomic mass is 9.95. The fourth-order valence-electron chi connectivity index (χ4n) is 3.16. The molecule has 0 bridgehead atoms. The average Bonchev–Trinajstić information content (AvgIpc) is 2.74.